The van der Waals surface area contributed by atoms with Crippen LogP contribution in [-0.4, -0.2) is 75.6 Å². The van der Waals surface area contributed by atoms with Crippen LogP contribution in [0.4, 0.5) is 0 Å². The van der Waals surface area contributed by atoms with Crippen LogP contribution in [0.3, 0.4) is 0 Å². The normalized spacial score (nSPS) is 19.3. The van der Waals surface area contributed by atoms with Crippen molar-refractivity contribution in [3.63, 3.8) is 0 Å². The van der Waals surface area contributed by atoms with Gasteiger partial charge in [0.15, 0.2) is 0 Å². The lowest BCUT2D eigenvalue weighted by molar-refractivity contribution is -0.129. The number of hydrogen-bond donors (Lipinski definition) is 1. The molecule has 110 valence electrons. The summed E-state index contributed by atoms with van der Waals surface area (Å²) in [6, 6.07) is 0. The van der Waals surface area contributed by atoms with Crippen LogP contribution in [-0.2, 0) is 14.3 Å². The summed E-state index contributed by atoms with van der Waals surface area (Å²) in [5.74, 6) is -0.166. The Hall–Kier alpha value is -1.14. The van der Waals surface area contributed by atoms with E-state index in [1.807, 2.05) is 14.1 Å². The highest BCUT2D eigenvalue weighted by atomic mass is 16.5. The molecule has 0 radical (unpaired) electrons. The molecule has 1 atom stereocenters. The zero-order chi connectivity index (χ0) is 14.3. The van der Waals surface area contributed by atoms with Gasteiger partial charge in [-0.05, 0) is 27.1 Å². The number of hydrogen-bond acceptors (Lipinski definition) is 4. The van der Waals surface area contributed by atoms with Gasteiger partial charge in [-0.15, -0.1) is 0 Å². The molecule has 1 N–H and O–H groups in total. The number of carbonyl (C=O) groups excluding carboxylic acids is 2. The fourth-order valence-corrected chi connectivity index (χ4v) is 2.12. The zero-order valence-corrected chi connectivity index (χ0v) is 12.1. The van der Waals surface area contributed by atoms with Gasteiger partial charge in [-0.2, -0.15) is 0 Å². The summed E-state index contributed by atoms with van der Waals surface area (Å²) < 4.78 is 4.95. The summed E-state index contributed by atoms with van der Waals surface area (Å²) in [5.41, 5.74) is 0. The van der Waals surface area contributed by atoms with E-state index < -0.39 is 0 Å². The number of ether oxygens (including phenoxy) is 1. The van der Waals surface area contributed by atoms with Crippen LogP contribution in [0.5, 0.6) is 0 Å². The third-order valence-corrected chi connectivity index (χ3v) is 3.23. The molecule has 1 aliphatic rings. The van der Waals surface area contributed by atoms with Crippen LogP contribution in [0.2, 0.25) is 0 Å². The van der Waals surface area contributed by atoms with Crippen molar-refractivity contribution in [1.29, 1.82) is 0 Å². The van der Waals surface area contributed by atoms with Gasteiger partial charge in [0.2, 0.25) is 11.8 Å². The molecular formula is C13H25N3O3. The van der Waals surface area contributed by atoms with Gasteiger partial charge in [-0.1, -0.05) is 0 Å². The average molecular weight is 271 g/mol. The van der Waals surface area contributed by atoms with Crippen molar-refractivity contribution in [2.24, 2.45) is 5.92 Å². The first-order valence-electron chi connectivity index (χ1n) is 6.73. The van der Waals surface area contributed by atoms with Gasteiger partial charge in [0.25, 0.3) is 0 Å². The number of likely N-dealkylation sites (tertiary alicyclic amines) is 1. The lowest BCUT2D eigenvalue weighted by atomic mass is 10.1. The van der Waals surface area contributed by atoms with E-state index in [1.165, 1.54) is 0 Å². The molecule has 1 heterocycles. The van der Waals surface area contributed by atoms with Crippen molar-refractivity contribution < 1.29 is 14.3 Å². The molecule has 19 heavy (non-hydrogen) atoms. The van der Waals surface area contributed by atoms with Crippen LogP contribution in [0, 0.1) is 5.92 Å². The zero-order valence-electron chi connectivity index (χ0n) is 12.1. The Kier molecular flexibility index (Phi) is 6.80. The Bertz CT molecular complexity index is 308. The second-order valence-electron chi connectivity index (χ2n) is 5.18. The van der Waals surface area contributed by atoms with Gasteiger partial charge in [-0.25, -0.2) is 0 Å². The maximum atomic E-state index is 11.9. The minimum Gasteiger partial charge on any atom is -0.383 e. The van der Waals surface area contributed by atoms with E-state index in [0.717, 1.165) is 13.0 Å². The molecule has 2 amide bonds. The molecule has 1 rings (SSSR count). The summed E-state index contributed by atoms with van der Waals surface area (Å²) in [5, 5.41) is 2.90. The van der Waals surface area contributed by atoms with Crippen LogP contribution in [0.1, 0.15) is 12.8 Å². The van der Waals surface area contributed by atoms with Gasteiger partial charge in [0.05, 0.1) is 12.5 Å². The van der Waals surface area contributed by atoms with Gasteiger partial charge in [-0.3, -0.25) is 9.59 Å². The van der Waals surface area contributed by atoms with Crippen LogP contribution < -0.4 is 5.32 Å². The molecule has 0 aromatic heterocycles. The summed E-state index contributed by atoms with van der Waals surface area (Å²) >= 11 is 0. The topological polar surface area (TPSA) is 61.9 Å². The molecule has 0 spiro atoms. The Morgan fingerprint density at radius 1 is 1.53 bits per heavy atom. The largest absolute Gasteiger partial charge is 0.383 e. The number of methoxy groups -OCH3 is 1. The molecule has 0 bridgehead atoms. The number of rotatable bonds is 8. The summed E-state index contributed by atoms with van der Waals surface area (Å²) in [6.45, 7) is 3.22. The van der Waals surface area contributed by atoms with Gasteiger partial charge >= 0.3 is 0 Å². The van der Waals surface area contributed by atoms with Crippen molar-refractivity contribution in [3.8, 4) is 0 Å². The van der Waals surface area contributed by atoms with Crippen molar-refractivity contribution in [2.45, 2.75) is 12.8 Å². The van der Waals surface area contributed by atoms with E-state index in [0.29, 0.717) is 32.7 Å². The second kappa shape index (κ2) is 8.12. The van der Waals surface area contributed by atoms with E-state index >= 15 is 0 Å². The fraction of sp³-hybridized carbons (Fsp3) is 0.846. The first kappa shape index (κ1) is 15.9. The summed E-state index contributed by atoms with van der Waals surface area (Å²) in [7, 11) is 5.62. The predicted octanol–water partition coefficient (Wildman–Crippen LogP) is -0.451. The van der Waals surface area contributed by atoms with E-state index in [-0.39, 0.29) is 17.7 Å². The minimum absolute atomic E-state index is 0.00739. The van der Waals surface area contributed by atoms with Crippen molar-refractivity contribution in [1.82, 2.24) is 15.1 Å². The summed E-state index contributed by atoms with van der Waals surface area (Å²) in [4.78, 5) is 27.4. The van der Waals surface area contributed by atoms with E-state index in [1.54, 1.807) is 12.0 Å². The molecule has 0 saturated carbocycles. The predicted molar refractivity (Wildman–Crippen MR) is 72.7 cm³/mol. The Balaban J connectivity index is 2.25. The van der Waals surface area contributed by atoms with Crippen molar-refractivity contribution in [3.05, 3.63) is 0 Å². The monoisotopic (exact) mass is 271 g/mol. The fourth-order valence-electron chi connectivity index (χ4n) is 2.12. The lowest BCUT2D eigenvalue weighted by Crippen LogP contribution is -2.35. The quantitative estimate of drug-likeness (QED) is 0.607. The molecule has 6 nitrogen and oxygen atoms in total. The van der Waals surface area contributed by atoms with Crippen molar-refractivity contribution in [2.75, 3.05) is 54.0 Å². The smallest absolute Gasteiger partial charge is 0.225 e. The summed E-state index contributed by atoms with van der Waals surface area (Å²) in [6.07, 6.45) is 1.25. The number of nitrogens with one attached hydrogen (secondary N) is 1. The first-order valence-corrected chi connectivity index (χ1v) is 6.73. The average Bonchev–Trinajstić information content (AvgIpc) is 2.73. The highest BCUT2D eigenvalue weighted by Crippen LogP contribution is 2.17. The van der Waals surface area contributed by atoms with Crippen LogP contribution >= 0.6 is 0 Å². The van der Waals surface area contributed by atoms with E-state index in [2.05, 4.69) is 10.2 Å². The second-order valence-corrected chi connectivity index (χ2v) is 5.18. The minimum atomic E-state index is -0.205. The Labute approximate surface area is 115 Å². The Morgan fingerprint density at radius 3 is 2.89 bits per heavy atom. The maximum absolute atomic E-state index is 11.9. The highest BCUT2D eigenvalue weighted by molar-refractivity contribution is 5.89. The SMILES string of the molecule is COCCN1CC(C(=O)NCCCN(C)C)CC1=O. The highest BCUT2D eigenvalue weighted by Gasteiger charge is 2.33. The van der Waals surface area contributed by atoms with Crippen molar-refractivity contribution >= 4 is 11.8 Å². The number of carbonyl (C=O) groups is 2. The van der Waals surface area contributed by atoms with E-state index in [4.69, 9.17) is 4.74 Å². The van der Waals surface area contributed by atoms with Crippen LogP contribution in [0.15, 0.2) is 0 Å². The molecule has 0 aromatic carbocycles. The third kappa shape index (κ3) is 5.57. The van der Waals surface area contributed by atoms with Crippen LogP contribution in [0.25, 0.3) is 0 Å². The van der Waals surface area contributed by atoms with E-state index in [9.17, 15) is 9.59 Å². The molecule has 0 aromatic rings. The maximum Gasteiger partial charge on any atom is 0.225 e. The molecular weight excluding hydrogens is 246 g/mol. The first-order chi connectivity index (χ1) is 9.04. The standard InChI is InChI=1S/C13H25N3O3/c1-15(2)6-4-5-14-13(18)11-9-12(17)16(10-11)7-8-19-3/h11H,4-10H2,1-3H3,(H,14,18). The Morgan fingerprint density at radius 2 is 2.26 bits per heavy atom. The molecule has 1 aliphatic heterocycles. The lowest BCUT2D eigenvalue weighted by Gasteiger charge is -2.16. The number of nitrogens with zero attached hydrogens (tertiary/aromatic N) is 2. The van der Waals surface area contributed by atoms with Gasteiger partial charge in [0.1, 0.15) is 0 Å². The third-order valence-electron chi connectivity index (χ3n) is 3.23. The van der Waals surface area contributed by atoms with Gasteiger partial charge in [0, 0.05) is 33.2 Å². The molecule has 6 heteroatoms. The molecule has 1 fully saturated rings. The molecule has 1 unspecified atom stereocenters. The number of amides is 2. The van der Waals surface area contributed by atoms with Gasteiger partial charge < -0.3 is 19.9 Å². The molecule has 0 aliphatic carbocycles. The molecule has 1 saturated heterocycles.